The second-order valence-corrected chi connectivity index (χ2v) is 3.24. The highest BCUT2D eigenvalue weighted by Crippen LogP contribution is 2.48. The Labute approximate surface area is 64.1 Å². The molecule has 0 bridgehead atoms. The van der Waals surface area contributed by atoms with Gasteiger partial charge in [-0.1, -0.05) is 0 Å². The number of primary amides is 1. The summed E-state index contributed by atoms with van der Waals surface area (Å²) in [5, 5.41) is 3.14. The van der Waals surface area contributed by atoms with Crippen molar-refractivity contribution in [2.75, 3.05) is 13.1 Å². The summed E-state index contributed by atoms with van der Waals surface area (Å²) in [6, 6.07) is 0. The van der Waals surface area contributed by atoms with E-state index >= 15 is 0 Å². The Hall–Kier alpha value is -0.900. The van der Waals surface area contributed by atoms with Gasteiger partial charge in [-0.15, -0.1) is 0 Å². The highest BCUT2D eigenvalue weighted by molar-refractivity contribution is 6.37. The molecule has 60 valence electrons. The fourth-order valence-corrected chi connectivity index (χ4v) is 1.97. The standard InChI is InChI=1S/C7H10N2O2/c8-7(11)6(10)5-3-1-9-2-4(3)5/h3-5,9H,1-2H2,(H2,8,11). The van der Waals surface area contributed by atoms with E-state index in [9.17, 15) is 9.59 Å². The van der Waals surface area contributed by atoms with E-state index in [1.165, 1.54) is 0 Å². The minimum absolute atomic E-state index is 0.0475. The van der Waals surface area contributed by atoms with Crippen molar-refractivity contribution in [1.29, 1.82) is 0 Å². The van der Waals surface area contributed by atoms with Crippen LogP contribution in [0.3, 0.4) is 0 Å². The lowest BCUT2D eigenvalue weighted by molar-refractivity contribution is -0.137. The summed E-state index contributed by atoms with van der Waals surface area (Å²) in [5.74, 6) is -0.398. The number of fused-ring (bicyclic) bond motifs is 1. The lowest BCUT2D eigenvalue weighted by Crippen LogP contribution is -2.29. The van der Waals surface area contributed by atoms with Crippen LogP contribution in [0.5, 0.6) is 0 Å². The maximum absolute atomic E-state index is 11.0. The van der Waals surface area contributed by atoms with Gasteiger partial charge in [-0.2, -0.15) is 0 Å². The van der Waals surface area contributed by atoms with Crippen molar-refractivity contribution < 1.29 is 9.59 Å². The van der Waals surface area contributed by atoms with E-state index in [1.807, 2.05) is 0 Å². The molecule has 0 aromatic carbocycles. The van der Waals surface area contributed by atoms with Crippen LogP contribution in [0.4, 0.5) is 0 Å². The van der Waals surface area contributed by atoms with Gasteiger partial charge >= 0.3 is 0 Å². The number of Topliss-reactive ketones (excluding diaryl/α,β-unsaturated/α-hetero) is 1. The molecule has 0 radical (unpaired) electrons. The average Bonchev–Trinajstić information content (AvgIpc) is 2.41. The van der Waals surface area contributed by atoms with Gasteiger partial charge in [0.1, 0.15) is 0 Å². The monoisotopic (exact) mass is 154 g/mol. The van der Waals surface area contributed by atoms with Crippen LogP contribution in [0.15, 0.2) is 0 Å². The van der Waals surface area contributed by atoms with Gasteiger partial charge in [-0.3, -0.25) is 9.59 Å². The number of hydrogen-bond acceptors (Lipinski definition) is 3. The third kappa shape index (κ3) is 0.860. The number of carbonyl (C=O) groups is 2. The van der Waals surface area contributed by atoms with Crippen molar-refractivity contribution in [1.82, 2.24) is 5.32 Å². The highest BCUT2D eigenvalue weighted by atomic mass is 16.2. The molecular formula is C7H10N2O2. The summed E-state index contributed by atoms with van der Waals surface area (Å²) in [6.07, 6.45) is 0. The molecule has 11 heavy (non-hydrogen) atoms. The molecule has 3 N–H and O–H groups in total. The zero-order valence-corrected chi connectivity index (χ0v) is 6.04. The fourth-order valence-electron chi connectivity index (χ4n) is 1.97. The summed E-state index contributed by atoms with van der Waals surface area (Å²) in [4.78, 5) is 21.5. The van der Waals surface area contributed by atoms with Gasteiger partial charge in [0.15, 0.2) is 0 Å². The quantitative estimate of drug-likeness (QED) is 0.476. The van der Waals surface area contributed by atoms with Crippen LogP contribution in [0.25, 0.3) is 0 Å². The largest absolute Gasteiger partial charge is 0.363 e. The Morgan fingerprint density at radius 2 is 1.82 bits per heavy atom. The number of piperidine rings is 1. The van der Waals surface area contributed by atoms with E-state index in [0.29, 0.717) is 11.8 Å². The molecule has 4 heteroatoms. The molecule has 0 spiro atoms. The maximum atomic E-state index is 11.0. The Morgan fingerprint density at radius 3 is 2.27 bits per heavy atom. The zero-order valence-electron chi connectivity index (χ0n) is 6.04. The molecular weight excluding hydrogens is 144 g/mol. The lowest BCUT2D eigenvalue weighted by Gasteiger charge is -1.98. The van der Waals surface area contributed by atoms with Crippen molar-refractivity contribution in [2.24, 2.45) is 23.5 Å². The molecule has 0 aromatic rings. The first kappa shape index (κ1) is 6.79. The van der Waals surface area contributed by atoms with Crippen LogP contribution in [0.1, 0.15) is 0 Å². The summed E-state index contributed by atoms with van der Waals surface area (Å²) in [5.41, 5.74) is 4.87. The predicted octanol–water partition coefficient (Wildman–Crippen LogP) is -1.49. The van der Waals surface area contributed by atoms with Gasteiger partial charge in [0.2, 0.25) is 5.78 Å². The van der Waals surface area contributed by atoms with E-state index in [1.54, 1.807) is 0 Å². The van der Waals surface area contributed by atoms with Crippen LogP contribution in [0, 0.1) is 17.8 Å². The summed E-state index contributed by atoms with van der Waals surface area (Å²) in [6.45, 7) is 1.74. The second kappa shape index (κ2) is 2.04. The number of carbonyl (C=O) groups excluding carboxylic acids is 2. The number of amides is 1. The minimum atomic E-state index is -0.774. The zero-order chi connectivity index (χ0) is 8.01. The van der Waals surface area contributed by atoms with Crippen LogP contribution < -0.4 is 11.1 Å². The lowest BCUT2D eigenvalue weighted by atomic mass is 10.2. The van der Waals surface area contributed by atoms with Crippen LogP contribution in [-0.2, 0) is 9.59 Å². The first-order valence-electron chi connectivity index (χ1n) is 3.76. The van der Waals surface area contributed by atoms with E-state index in [2.05, 4.69) is 5.32 Å². The number of rotatable bonds is 2. The molecule has 2 atom stereocenters. The number of hydrogen-bond donors (Lipinski definition) is 2. The van der Waals surface area contributed by atoms with Crippen molar-refractivity contribution >= 4 is 11.7 Å². The topological polar surface area (TPSA) is 72.2 Å². The first-order chi connectivity index (χ1) is 5.22. The number of ketones is 1. The normalized spacial score (nSPS) is 39.8. The summed E-state index contributed by atoms with van der Waals surface area (Å²) < 4.78 is 0. The Morgan fingerprint density at radius 1 is 1.27 bits per heavy atom. The summed E-state index contributed by atoms with van der Waals surface area (Å²) in [7, 11) is 0. The Bertz CT molecular complexity index is 216. The molecule has 1 saturated heterocycles. The molecule has 1 aliphatic heterocycles. The van der Waals surface area contributed by atoms with Crippen LogP contribution in [0.2, 0.25) is 0 Å². The molecule has 1 aliphatic carbocycles. The molecule has 0 aromatic heterocycles. The van der Waals surface area contributed by atoms with E-state index in [0.717, 1.165) is 13.1 Å². The van der Waals surface area contributed by atoms with Gasteiger partial charge in [0.05, 0.1) is 0 Å². The number of nitrogens with one attached hydrogen (secondary N) is 1. The third-order valence-corrected chi connectivity index (χ3v) is 2.64. The predicted molar refractivity (Wildman–Crippen MR) is 37.5 cm³/mol. The molecule has 2 aliphatic rings. The van der Waals surface area contributed by atoms with Gasteiger partial charge in [-0.05, 0) is 24.9 Å². The SMILES string of the molecule is NC(=O)C(=O)C1C2CNCC21. The van der Waals surface area contributed by atoms with E-state index in [-0.39, 0.29) is 11.7 Å². The average molecular weight is 154 g/mol. The Balaban J connectivity index is 2.00. The van der Waals surface area contributed by atoms with Gasteiger partial charge in [0.25, 0.3) is 5.91 Å². The smallest absolute Gasteiger partial charge is 0.285 e. The highest BCUT2D eigenvalue weighted by Gasteiger charge is 2.57. The van der Waals surface area contributed by atoms with Crippen molar-refractivity contribution in [2.45, 2.75) is 0 Å². The maximum Gasteiger partial charge on any atom is 0.285 e. The second-order valence-electron chi connectivity index (χ2n) is 3.24. The van der Waals surface area contributed by atoms with Crippen LogP contribution >= 0.6 is 0 Å². The third-order valence-electron chi connectivity index (χ3n) is 2.64. The first-order valence-corrected chi connectivity index (χ1v) is 3.76. The van der Waals surface area contributed by atoms with Gasteiger partial charge in [0, 0.05) is 5.92 Å². The van der Waals surface area contributed by atoms with Crippen molar-refractivity contribution in [3.05, 3.63) is 0 Å². The molecule has 1 heterocycles. The molecule has 2 fully saturated rings. The minimum Gasteiger partial charge on any atom is -0.363 e. The van der Waals surface area contributed by atoms with Gasteiger partial charge < -0.3 is 11.1 Å². The summed E-state index contributed by atoms with van der Waals surface area (Å²) >= 11 is 0. The molecule has 2 unspecified atom stereocenters. The van der Waals surface area contributed by atoms with Crippen LogP contribution in [-0.4, -0.2) is 24.8 Å². The van der Waals surface area contributed by atoms with E-state index in [4.69, 9.17) is 5.73 Å². The van der Waals surface area contributed by atoms with E-state index < -0.39 is 5.91 Å². The Kier molecular flexibility index (Phi) is 1.26. The molecule has 1 amide bonds. The fraction of sp³-hybridized carbons (Fsp3) is 0.714. The van der Waals surface area contributed by atoms with Crippen molar-refractivity contribution in [3.63, 3.8) is 0 Å². The number of nitrogens with two attached hydrogens (primary N) is 1. The molecule has 4 nitrogen and oxygen atoms in total. The van der Waals surface area contributed by atoms with Gasteiger partial charge in [-0.25, -0.2) is 0 Å². The molecule has 2 rings (SSSR count). The molecule has 1 saturated carbocycles. The van der Waals surface area contributed by atoms with Crippen molar-refractivity contribution in [3.8, 4) is 0 Å².